The molecule has 1 unspecified atom stereocenters. The first-order valence-corrected chi connectivity index (χ1v) is 9.63. The van der Waals surface area contributed by atoms with Crippen molar-refractivity contribution in [3.63, 3.8) is 0 Å². The van der Waals surface area contributed by atoms with Crippen LogP contribution in [-0.4, -0.2) is 11.9 Å². The molecule has 4 nitrogen and oxygen atoms in total. The monoisotopic (exact) mass is 378 g/mol. The molecular formula is C24H26O4. The van der Waals surface area contributed by atoms with E-state index in [1.165, 1.54) is 5.57 Å². The van der Waals surface area contributed by atoms with E-state index in [9.17, 15) is 9.59 Å². The highest BCUT2D eigenvalue weighted by atomic mass is 16.5. The predicted octanol–water partition coefficient (Wildman–Crippen LogP) is 5.61. The van der Waals surface area contributed by atoms with E-state index in [4.69, 9.17) is 9.15 Å². The Morgan fingerprint density at radius 2 is 1.93 bits per heavy atom. The Kier molecular flexibility index (Phi) is 5.98. The summed E-state index contributed by atoms with van der Waals surface area (Å²) in [6, 6.07) is 7.45. The van der Waals surface area contributed by atoms with Gasteiger partial charge < -0.3 is 9.15 Å². The number of allylic oxidation sites excluding steroid dienone is 4. The minimum atomic E-state index is -0.478. The van der Waals surface area contributed by atoms with Crippen LogP contribution in [0.4, 0.5) is 0 Å². The van der Waals surface area contributed by atoms with Crippen LogP contribution in [0.25, 0.3) is 17.0 Å². The van der Waals surface area contributed by atoms with Gasteiger partial charge in [-0.25, -0.2) is 4.79 Å². The van der Waals surface area contributed by atoms with E-state index >= 15 is 0 Å². The first-order chi connectivity index (χ1) is 13.4. The Morgan fingerprint density at radius 1 is 1.14 bits per heavy atom. The van der Waals surface area contributed by atoms with Gasteiger partial charge in [-0.2, -0.15) is 0 Å². The number of para-hydroxylation sites is 1. The van der Waals surface area contributed by atoms with Crippen LogP contribution in [0.5, 0.6) is 5.75 Å². The minimum Gasteiger partial charge on any atom is -0.482 e. The number of benzene rings is 1. The summed E-state index contributed by atoms with van der Waals surface area (Å²) in [7, 11) is 0. The number of fused-ring (bicyclic) bond motifs is 3. The van der Waals surface area contributed by atoms with Crippen molar-refractivity contribution in [1.29, 1.82) is 0 Å². The highest BCUT2D eigenvalue weighted by molar-refractivity contribution is 5.87. The number of rotatable bonds is 7. The Hall–Kier alpha value is -2.88. The normalized spacial score (nSPS) is 19.4. The zero-order valence-corrected chi connectivity index (χ0v) is 16.7. The highest BCUT2D eigenvalue weighted by Crippen LogP contribution is 2.37. The second-order valence-electron chi connectivity index (χ2n) is 7.57. The first-order valence-electron chi connectivity index (χ1n) is 9.63. The summed E-state index contributed by atoms with van der Waals surface area (Å²) in [6.45, 7) is 5.97. The summed E-state index contributed by atoms with van der Waals surface area (Å²) in [6.07, 6.45) is 12.3. The molecule has 0 spiro atoms. The molecule has 4 heteroatoms. The third-order valence-electron chi connectivity index (χ3n) is 5.06. The van der Waals surface area contributed by atoms with Crippen LogP contribution in [0.1, 0.15) is 52.0 Å². The third kappa shape index (κ3) is 4.50. The zero-order chi connectivity index (χ0) is 20.1. The van der Waals surface area contributed by atoms with E-state index in [0.717, 1.165) is 42.9 Å². The van der Waals surface area contributed by atoms with Crippen molar-refractivity contribution in [2.24, 2.45) is 0 Å². The van der Waals surface area contributed by atoms with E-state index in [-0.39, 0.29) is 5.63 Å². The number of ether oxygens (including phenoxy) is 1. The van der Waals surface area contributed by atoms with Gasteiger partial charge in [0, 0.05) is 0 Å². The SMILES string of the molecule is C/C(C=O)=C\CC/C(C)=C/CCC1(C)C=Cc2c(c3ccccc3oc2=O)O1. The predicted molar refractivity (Wildman–Crippen MR) is 113 cm³/mol. The van der Waals surface area contributed by atoms with Gasteiger partial charge in [-0.05, 0) is 76.3 Å². The lowest BCUT2D eigenvalue weighted by molar-refractivity contribution is -0.104. The van der Waals surface area contributed by atoms with Crippen molar-refractivity contribution in [3.8, 4) is 5.75 Å². The molecule has 28 heavy (non-hydrogen) atoms. The van der Waals surface area contributed by atoms with E-state index in [1.807, 2.05) is 50.3 Å². The number of hydrogen-bond acceptors (Lipinski definition) is 4. The molecule has 0 amide bonds. The fourth-order valence-electron chi connectivity index (χ4n) is 3.33. The molecule has 0 aliphatic carbocycles. The van der Waals surface area contributed by atoms with Crippen molar-refractivity contribution in [2.75, 3.05) is 0 Å². The van der Waals surface area contributed by atoms with Gasteiger partial charge in [0.15, 0.2) is 0 Å². The van der Waals surface area contributed by atoms with Crippen molar-refractivity contribution in [2.45, 2.75) is 52.1 Å². The standard InChI is InChI=1S/C24H26O4/c1-17(8-6-9-18(2)16-25)10-7-14-24(3)15-13-20-22(28-24)19-11-4-5-12-21(19)27-23(20)26/h4-5,9-13,15-16H,6-8,14H2,1-3H3/b17-10+,18-9+. The zero-order valence-electron chi connectivity index (χ0n) is 16.7. The van der Waals surface area contributed by atoms with Gasteiger partial charge >= 0.3 is 5.63 Å². The second kappa shape index (κ2) is 8.42. The Morgan fingerprint density at radius 3 is 2.71 bits per heavy atom. The lowest BCUT2D eigenvalue weighted by atomic mass is 9.94. The first kappa shape index (κ1) is 19.9. The summed E-state index contributed by atoms with van der Waals surface area (Å²) in [5.74, 6) is 0.604. The minimum absolute atomic E-state index is 0.374. The van der Waals surface area contributed by atoms with Crippen LogP contribution in [0.15, 0.2) is 62.9 Å². The maximum atomic E-state index is 12.2. The van der Waals surface area contributed by atoms with E-state index < -0.39 is 5.60 Å². The smallest absolute Gasteiger partial charge is 0.347 e. The summed E-state index contributed by atoms with van der Waals surface area (Å²) in [5.41, 5.74) is 2.23. The average molecular weight is 378 g/mol. The van der Waals surface area contributed by atoms with Gasteiger partial charge in [0.2, 0.25) is 0 Å². The van der Waals surface area contributed by atoms with Gasteiger partial charge in [0.05, 0.1) is 5.39 Å². The maximum Gasteiger partial charge on any atom is 0.347 e. The molecule has 0 radical (unpaired) electrons. The molecule has 1 aromatic heterocycles. The lowest BCUT2D eigenvalue weighted by Gasteiger charge is -2.31. The molecule has 0 bridgehead atoms. The van der Waals surface area contributed by atoms with E-state index in [0.29, 0.717) is 16.9 Å². The Bertz CT molecular complexity index is 1020. The van der Waals surface area contributed by atoms with Crippen molar-refractivity contribution < 1.29 is 13.9 Å². The molecule has 2 aromatic rings. The topological polar surface area (TPSA) is 56.5 Å². The molecule has 1 atom stereocenters. The van der Waals surface area contributed by atoms with Crippen LogP contribution in [0, 0.1) is 0 Å². The molecule has 0 saturated heterocycles. The summed E-state index contributed by atoms with van der Waals surface area (Å²) in [4.78, 5) is 22.9. The summed E-state index contributed by atoms with van der Waals surface area (Å²) in [5, 5.41) is 0.816. The van der Waals surface area contributed by atoms with Crippen LogP contribution in [-0.2, 0) is 4.79 Å². The molecule has 2 heterocycles. The number of carbonyl (C=O) groups is 1. The van der Waals surface area contributed by atoms with Crippen LogP contribution in [0.3, 0.4) is 0 Å². The molecule has 1 aromatic carbocycles. The molecule has 1 aliphatic rings. The third-order valence-corrected chi connectivity index (χ3v) is 5.06. The second-order valence-corrected chi connectivity index (χ2v) is 7.57. The largest absolute Gasteiger partial charge is 0.482 e. The van der Waals surface area contributed by atoms with Crippen molar-refractivity contribution in [3.05, 3.63) is 69.6 Å². The van der Waals surface area contributed by atoms with E-state index in [2.05, 4.69) is 13.0 Å². The maximum absolute atomic E-state index is 12.2. The van der Waals surface area contributed by atoms with Gasteiger partial charge in [-0.3, -0.25) is 4.79 Å². The molecule has 0 fully saturated rings. The number of carbonyl (C=O) groups excluding carboxylic acids is 1. The lowest BCUT2D eigenvalue weighted by Crippen LogP contribution is -2.33. The quantitative estimate of drug-likeness (QED) is 0.272. The van der Waals surface area contributed by atoms with E-state index in [1.54, 1.807) is 6.07 Å². The Labute approximate surface area is 165 Å². The number of aldehydes is 1. The van der Waals surface area contributed by atoms with Gasteiger partial charge in [-0.15, -0.1) is 0 Å². The highest BCUT2D eigenvalue weighted by Gasteiger charge is 2.29. The average Bonchev–Trinajstić information content (AvgIpc) is 2.67. The summed E-state index contributed by atoms with van der Waals surface area (Å²) < 4.78 is 11.7. The van der Waals surface area contributed by atoms with Crippen LogP contribution in [0.2, 0.25) is 0 Å². The van der Waals surface area contributed by atoms with Crippen LogP contribution < -0.4 is 10.4 Å². The van der Waals surface area contributed by atoms with Crippen LogP contribution >= 0.6 is 0 Å². The fraction of sp³-hybridized carbons (Fsp3) is 0.333. The molecule has 146 valence electrons. The van der Waals surface area contributed by atoms with Gasteiger partial charge in [-0.1, -0.05) is 29.9 Å². The molecular weight excluding hydrogens is 352 g/mol. The Balaban J connectivity index is 1.70. The fourth-order valence-corrected chi connectivity index (χ4v) is 3.33. The molecule has 3 rings (SSSR count). The van der Waals surface area contributed by atoms with Gasteiger partial charge in [0.1, 0.15) is 28.8 Å². The molecule has 0 saturated carbocycles. The van der Waals surface area contributed by atoms with Gasteiger partial charge in [0.25, 0.3) is 0 Å². The van der Waals surface area contributed by atoms with Crippen molar-refractivity contribution in [1.82, 2.24) is 0 Å². The van der Waals surface area contributed by atoms with Crippen molar-refractivity contribution >= 4 is 23.3 Å². The molecule has 1 aliphatic heterocycles. The summed E-state index contributed by atoms with van der Waals surface area (Å²) >= 11 is 0. The molecule has 0 N–H and O–H groups in total. The number of hydrogen-bond donors (Lipinski definition) is 0.